The lowest BCUT2D eigenvalue weighted by atomic mass is 9.90. The lowest BCUT2D eigenvalue weighted by Gasteiger charge is -2.35. The van der Waals surface area contributed by atoms with Gasteiger partial charge in [-0.25, -0.2) is 0 Å². The first-order chi connectivity index (χ1) is 19.8. The van der Waals surface area contributed by atoms with Crippen molar-refractivity contribution in [3.05, 3.63) is 132 Å². The zero-order chi connectivity index (χ0) is 27.4. The van der Waals surface area contributed by atoms with Crippen LogP contribution in [-0.2, 0) is 6.54 Å². The topological polar surface area (TPSA) is 18.5 Å². The number of piperidine rings is 1. The molecule has 4 aromatic carbocycles. The summed E-state index contributed by atoms with van der Waals surface area (Å²) in [4.78, 5) is 5.24. The molecule has 1 heterocycles. The van der Waals surface area contributed by atoms with Crippen molar-refractivity contribution < 1.29 is 0 Å². The molecule has 0 amide bonds. The maximum absolute atomic E-state index is 3.87. The molecule has 1 fully saturated rings. The molecular weight excluding hydrogens is 486 g/mol. The molecule has 5 rings (SSSR count). The predicted molar refractivity (Wildman–Crippen MR) is 170 cm³/mol. The molecule has 0 aromatic heterocycles. The molecule has 0 spiro atoms. The van der Waals surface area contributed by atoms with E-state index in [4.69, 9.17) is 0 Å². The molecular formula is C37H45N3. The Morgan fingerprint density at radius 3 is 1.85 bits per heavy atom. The Morgan fingerprint density at radius 2 is 1.27 bits per heavy atom. The summed E-state index contributed by atoms with van der Waals surface area (Å²) < 4.78 is 0. The first-order valence-corrected chi connectivity index (χ1v) is 15.2. The van der Waals surface area contributed by atoms with Gasteiger partial charge in [0, 0.05) is 25.0 Å². The summed E-state index contributed by atoms with van der Waals surface area (Å²) in [7, 11) is 0. The fourth-order valence-electron chi connectivity index (χ4n) is 6.00. The van der Waals surface area contributed by atoms with Crippen LogP contribution in [0.2, 0.25) is 0 Å². The van der Waals surface area contributed by atoms with Gasteiger partial charge in [-0.05, 0) is 79.8 Å². The van der Waals surface area contributed by atoms with Crippen molar-refractivity contribution in [2.24, 2.45) is 0 Å². The summed E-state index contributed by atoms with van der Waals surface area (Å²) in [6, 6.07) is 42.4. The molecule has 208 valence electrons. The smallest absolute Gasteiger partial charge is 0.0233 e. The summed E-state index contributed by atoms with van der Waals surface area (Å²) >= 11 is 0. The number of likely N-dealkylation sites (tertiary alicyclic amines) is 1. The van der Waals surface area contributed by atoms with E-state index >= 15 is 0 Å². The number of nitrogens with one attached hydrogen (secondary N) is 1. The summed E-state index contributed by atoms with van der Waals surface area (Å²) in [6.07, 6.45) is 3.67. The van der Waals surface area contributed by atoms with Crippen LogP contribution in [0.1, 0.15) is 48.8 Å². The highest BCUT2D eigenvalue weighted by molar-refractivity contribution is 5.63. The SMILES string of the molecule is CCN(CCCNC1CCN(CC(c2ccccc2)c2ccccc2)CC1)Cc1ccc(-c2ccccc2)cc1. The summed E-state index contributed by atoms with van der Waals surface area (Å²) in [6.45, 7) is 10.1. The van der Waals surface area contributed by atoms with E-state index in [0.717, 1.165) is 32.7 Å². The van der Waals surface area contributed by atoms with Crippen molar-refractivity contribution in [1.29, 1.82) is 0 Å². The molecule has 3 nitrogen and oxygen atoms in total. The van der Waals surface area contributed by atoms with Crippen LogP contribution in [0.3, 0.4) is 0 Å². The van der Waals surface area contributed by atoms with Gasteiger partial charge in [0.2, 0.25) is 0 Å². The molecule has 1 aliphatic heterocycles. The van der Waals surface area contributed by atoms with Crippen molar-refractivity contribution in [2.75, 3.05) is 39.3 Å². The molecule has 1 N–H and O–H groups in total. The maximum atomic E-state index is 3.87. The summed E-state index contributed by atoms with van der Waals surface area (Å²) in [5, 5.41) is 3.87. The van der Waals surface area contributed by atoms with Crippen molar-refractivity contribution >= 4 is 0 Å². The molecule has 0 bridgehead atoms. The number of hydrogen-bond donors (Lipinski definition) is 1. The predicted octanol–water partition coefficient (Wildman–Crippen LogP) is 7.45. The Morgan fingerprint density at radius 1 is 0.725 bits per heavy atom. The van der Waals surface area contributed by atoms with Crippen LogP contribution in [0.5, 0.6) is 0 Å². The maximum Gasteiger partial charge on any atom is 0.0233 e. The van der Waals surface area contributed by atoms with Crippen LogP contribution in [-0.4, -0.2) is 55.1 Å². The van der Waals surface area contributed by atoms with Gasteiger partial charge >= 0.3 is 0 Å². The molecule has 0 radical (unpaired) electrons. The number of nitrogens with zero attached hydrogens (tertiary/aromatic N) is 2. The van der Waals surface area contributed by atoms with Gasteiger partial charge in [0.05, 0.1) is 0 Å². The van der Waals surface area contributed by atoms with Gasteiger partial charge in [0.1, 0.15) is 0 Å². The summed E-state index contributed by atoms with van der Waals surface area (Å²) in [5.41, 5.74) is 6.80. The molecule has 1 saturated heterocycles. The minimum Gasteiger partial charge on any atom is -0.314 e. The average Bonchev–Trinajstić information content (AvgIpc) is 3.03. The highest BCUT2D eigenvalue weighted by Crippen LogP contribution is 2.27. The molecule has 0 aliphatic carbocycles. The highest BCUT2D eigenvalue weighted by atomic mass is 15.1. The molecule has 1 aliphatic rings. The van der Waals surface area contributed by atoms with E-state index < -0.39 is 0 Å². The van der Waals surface area contributed by atoms with E-state index in [9.17, 15) is 0 Å². The number of benzene rings is 4. The molecule has 0 saturated carbocycles. The number of hydrogen-bond acceptors (Lipinski definition) is 3. The highest BCUT2D eigenvalue weighted by Gasteiger charge is 2.23. The van der Waals surface area contributed by atoms with Gasteiger partial charge in [-0.2, -0.15) is 0 Å². The Hall–Kier alpha value is -3.24. The van der Waals surface area contributed by atoms with E-state index in [2.05, 4.69) is 137 Å². The van der Waals surface area contributed by atoms with Crippen LogP contribution in [0.15, 0.2) is 115 Å². The van der Waals surface area contributed by atoms with Crippen LogP contribution in [0, 0.1) is 0 Å². The van der Waals surface area contributed by atoms with Gasteiger partial charge in [-0.1, -0.05) is 122 Å². The number of rotatable bonds is 13. The largest absolute Gasteiger partial charge is 0.314 e. The Bertz CT molecular complexity index is 1190. The van der Waals surface area contributed by atoms with Gasteiger partial charge in [-0.15, -0.1) is 0 Å². The van der Waals surface area contributed by atoms with Crippen molar-refractivity contribution in [3.63, 3.8) is 0 Å². The average molecular weight is 532 g/mol. The lowest BCUT2D eigenvalue weighted by Crippen LogP contribution is -2.44. The van der Waals surface area contributed by atoms with E-state index in [0.29, 0.717) is 12.0 Å². The third kappa shape index (κ3) is 8.14. The zero-order valence-electron chi connectivity index (χ0n) is 24.1. The standard InChI is InChI=1S/C37H45N3/c1-2-39(29-31-19-21-33(22-20-31)32-13-6-3-7-14-32)26-12-25-38-36-23-27-40(28-24-36)30-37(34-15-8-4-9-16-34)35-17-10-5-11-18-35/h3-11,13-22,36-38H,2,12,23-30H2,1H3. The van der Waals surface area contributed by atoms with Crippen LogP contribution in [0.4, 0.5) is 0 Å². The Kier molecular flexibility index (Phi) is 10.6. The molecule has 3 heteroatoms. The van der Waals surface area contributed by atoms with Crippen LogP contribution in [0.25, 0.3) is 11.1 Å². The van der Waals surface area contributed by atoms with Crippen molar-refractivity contribution in [2.45, 2.75) is 44.7 Å². The second kappa shape index (κ2) is 14.9. The van der Waals surface area contributed by atoms with Gasteiger partial charge < -0.3 is 10.2 Å². The first kappa shape index (κ1) is 28.3. The van der Waals surface area contributed by atoms with E-state index in [1.54, 1.807) is 0 Å². The molecule has 4 aromatic rings. The molecule has 0 unspecified atom stereocenters. The minimum atomic E-state index is 0.432. The molecule has 0 atom stereocenters. The van der Waals surface area contributed by atoms with Crippen LogP contribution < -0.4 is 5.32 Å². The van der Waals surface area contributed by atoms with Crippen molar-refractivity contribution in [1.82, 2.24) is 15.1 Å². The quantitative estimate of drug-likeness (QED) is 0.181. The molecule has 40 heavy (non-hydrogen) atoms. The van der Waals surface area contributed by atoms with Gasteiger partial charge in [0.15, 0.2) is 0 Å². The first-order valence-electron chi connectivity index (χ1n) is 15.2. The third-order valence-corrected chi connectivity index (χ3v) is 8.43. The third-order valence-electron chi connectivity index (χ3n) is 8.43. The van der Waals surface area contributed by atoms with E-state index in [1.807, 2.05) is 0 Å². The minimum absolute atomic E-state index is 0.432. The zero-order valence-corrected chi connectivity index (χ0v) is 24.1. The fourth-order valence-corrected chi connectivity index (χ4v) is 6.00. The monoisotopic (exact) mass is 531 g/mol. The fraction of sp³-hybridized carbons (Fsp3) is 0.351. The second-order valence-electron chi connectivity index (χ2n) is 11.2. The van der Waals surface area contributed by atoms with Gasteiger partial charge in [0.25, 0.3) is 0 Å². The Labute approximate surface area is 241 Å². The summed E-state index contributed by atoms with van der Waals surface area (Å²) in [5.74, 6) is 0.432. The van der Waals surface area contributed by atoms with E-state index in [-0.39, 0.29) is 0 Å². The second-order valence-corrected chi connectivity index (χ2v) is 11.2. The van der Waals surface area contributed by atoms with Crippen molar-refractivity contribution in [3.8, 4) is 11.1 Å². The lowest BCUT2D eigenvalue weighted by molar-refractivity contribution is 0.191. The normalized spacial score (nSPS) is 14.7. The van der Waals surface area contributed by atoms with Gasteiger partial charge in [-0.3, -0.25) is 4.90 Å². The van der Waals surface area contributed by atoms with E-state index in [1.165, 1.54) is 60.2 Å². The Balaban J connectivity index is 1.03. The van der Waals surface area contributed by atoms with Crippen LogP contribution >= 0.6 is 0 Å².